The number of unbranched alkanes of at least 4 members (excludes halogenated alkanes) is 12. The number of hydrogen-bond acceptors (Lipinski definition) is 3. The zero-order chi connectivity index (χ0) is 19.3. The molecule has 0 heterocycles. The minimum absolute atomic E-state index is 0. The summed E-state index contributed by atoms with van der Waals surface area (Å²) >= 11 is 0. The minimum Gasteiger partial charge on any atom is -0.872 e. The Balaban J connectivity index is 0.00000676. The van der Waals surface area contributed by atoms with Crippen molar-refractivity contribution in [1.82, 2.24) is 0 Å². The smallest absolute Gasteiger partial charge is 0.872 e. The van der Waals surface area contributed by atoms with Crippen molar-refractivity contribution in [3.05, 3.63) is 23.8 Å². The Bertz CT molecular complexity index is 602. The number of aryl methyl sites for hydroxylation is 1. The Kier molecular flexibility index (Phi) is 15.8. The molecule has 0 aliphatic carbocycles. The average molecular weight is 407 g/mol. The van der Waals surface area contributed by atoms with Gasteiger partial charge in [0.15, 0.2) is 0 Å². The van der Waals surface area contributed by atoms with E-state index in [-0.39, 0.29) is 29.6 Å². The van der Waals surface area contributed by atoms with Crippen LogP contribution in [0.1, 0.15) is 96.0 Å². The van der Waals surface area contributed by atoms with E-state index in [1.54, 1.807) is 6.07 Å². The van der Waals surface area contributed by atoms with Crippen molar-refractivity contribution < 1.29 is 47.6 Å². The van der Waals surface area contributed by atoms with E-state index in [0.29, 0.717) is 0 Å². The van der Waals surface area contributed by atoms with E-state index in [4.69, 9.17) is 4.55 Å². The van der Waals surface area contributed by atoms with Gasteiger partial charge in [0.1, 0.15) is 0 Å². The molecule has 0 bridgehead atoms. The standard InChI is InChI=1S/C21H36O4S.Na/c1-2-3-4-5-6-7-8-9-10-11-12-13-14-15-19-16-17-20(22)21(18-19)26(23,24)25;/h16-18,22H,2-15H2,1H3,(H,23,24,25);/q;+1/p-1. The maximum atomic E-state index is 11.5. The first-order valence-electron chi connectivity index (χ1n) is 10.2. The molecule has 1 aromatic rings. The molecular weight excluding hydrogens is 371 g/mol. The summed E-state index contributed by atoms with van der Waals surface area (Å²) in [5.74, 6) is -0.651. The van der Waals surface area contributed by atoms with E-state index in [9.17, 15) is 13.5 Å². The van der Waals surface area contributed by atoms with Crippen LogP contribution in [0.25, 0.3) is 0 Å². The molecule has 0 aliphatic rings. The van der Waals surface area contributed by atoms with Crippen molar-refractivity contribution >= 4 is 10.1 Å². The summed E-state index contributed by atoms with van der Waals surface area (Å²) in [5, 5.41) is 11.5. The van der Waals surface area contributed by atoms with E-state index in [0.717, 1.165) is 24.8 Å². The van der Waals surface area contributed by atoms with E-state index in [2.05, 4.69) is 6.92 Å². The van der Waals surface area contributed by atoms with Crippen molar-refractivity contribution in [3.8, 4) is 5.75 Å². The number of hydrogen-bond donors (Lipinski definition) is 1. The van der Waals surface area contributed by atoms with Gasteiger partial charge in [-0.25, -0.2) is 0 Å². The molecule has 6 heteroatoms. The van der Waals surface area contributed by atoms with Crippen molar-refractivity contribution in [1.29, 1.82) is 0 Å². The molecule has 0 atom stereocenters. The van der Waals surface area contributed by atoms with E-state index < -0.39 is 20.8 Å². The normalized spacial score (nSPS) is 11.3. The summed E-state index contributed by atoms with van der Waals surface area (Å²) in [4.78, 5) is -0.510. The van der Waals surface area contributed by atoms with Crippen molar-refractivity contribution in [2.24, 2.45) is 0 Å². The van der Waals surface area contributed by atoms with E-state index in [1.165, 1.54) is 82.8 Å². The maximum absolute atomic E-state index is 11.5. The van der Waals surface area contributed by atoms with Crippen LogP contribution in [0.3, 0.4) is 0 Å². The van der Waals surface area contributed by atoms with Crippen LogP contribution < -0.4 is 34.7 Å². The molecule has 0 amide bonds. The van der Waals surface area contributed by atoms with Gasteiger partial charge in [0, 0.05) is 0 Å². The summed E-state index contributed by atoms with van der Waals surface area (Å²) in [6.07, 6.45) is 17.5. The zero-order valence-corrected chi connectivity index (χ0v) is 20.0. The second-order valence-electron chi connectivity index (χ2n) is 7.25. The molecule has 0 unspecified atom stereocenters. The van der Waals surface area contributed by atoms with Crippen molar-refractivity contribution in [2.45, 2.75) is 102 Å². The molecule has 0 aliphatic heterocycles. The van der Waals surface area contributed by atoms with Gasteiger partial charge in [-0.1, -0.05) is 102 Å². The molecule has 27 heavy (non-hydrogen) atoms. The second kappa shape index (κ2) is 15.8. The van der Waals surface area contributed by atoms with Gasteiger partial charge in [-0.2, -0.15) is 8.42 Å². The van der Waals surface area contributed by atoms with Gasteiger partial charge in [0.2, 0.25) is 0 Å². The Morgan fingerprint density at radius 2 is 1.26 bits per heavy atom. The van der Waals surface area contributed by atoms with Gasteiger partial charge >= 0.3 is 29.6 Å². The van der Waals surface area contributed by atoms with Crippen LogP contribution in [0.15, 0.2) is 23.1 Å². The molecular formula is C21H35NaO4S. The van der Waals surface area contributed by atoms with E-state index >= 15 is 0 Å². The fourth-order valence-corrected chi connectivity index (χ4v) is 3.88. The summed E-state index contributed by atoms with van der Waals surface area (Å²) < 4.78 is 31.4. The maximum Gasteiger partial charge on any atom is 1.00 e. The Labute approximate surface area is 188 Å². The van der Waals surface area contributed by atoms with Crippen LogP contribution in [0.4, 0.5) is 0 Å². The zero-order valence-electron chi connectivity index (χ0n) is 17.2. The molecule has 0 spiro atoms. The van der Waals surface area contributed by atoms with Gasteiger partial charge in [-0.15, -0.1) is 0 Å². The van der Waals surface area contributed by atoms with Gasteiger partial charge in [-0.05, 0) is 24.5 Å². The van der Waals surface area contributed by atoms with Gasteiger partial charge in [0.05, 0.1) is 4.90 Å². The molecule has 4 nitrogen and oxygen atoms in total. The third kappa shape index (κ3) is 12.9. The Morgan fingerprint density at radius 3 is 1.70 bits per heavy atom. The summed E-state index contributed by atoms with van der Waals surface area (Å²) in [6.45, 7) is 2.25. The Morgan fingerprint density at radius 1 is 0.815 bits per heavy atom. The summed E-state index contributed by atoms with van der Waals surface area (Å²) in [5.41, 5.74) is 0.792. The fraction of sp³-hybridized carbons (Fsp3) is 0.714. The number of rotatable bonds is 15. The van der Waals surface area contributed by atoms with Crippen LogP contribution >= 0.6 is 0 Å². The fourth-order valence-electron chi connectivity index (χ4n) is 3.26. The number of benzene rings is 1. The topological polar surface area (TPSA) is 77.4 Å². The van der Waals surface area contributed by atoms with E-state index in [1.807, 2.05) is 0 Å². The molecule has 0 saturated carbocycles. The quantitative estimate of drug-likeness (QED) is 0.276. The van der Waals surface area contributed by atoms with Crippen LogP contribution in [0.5, 0.6) is 5.75 Å². The summed E-state index contributed by atoms with van der Waals surface area (Å²) in [7, 11) is -4.43. The summed E-state index contributed by atoms with van der Waals surface area (Å²) in [6, 6.07) is 4.18. The van der Waals surface area contributed by atoms with Gasteiger partial charge in [-0.3, -0.25) is 4.55 Å². The first kappa shape index (κ1) is 26.9. The van der Waals surface area contributed by atoms with Crippen molar-refractivity contribution in [3.63, 3.8) is 0 Å². The van der Waals surface area contributed by atoms with Crippen molar-refractivity contribution in [2.75, 3.05) is 0 Å². The predicted octanol–water partition coefficient (Wildman–Crippen LogP) is 2.64. The molecule has 0 aromatic heterocycles. The van der Waals surface area contributed by atoms with Crippen LogP contribution in [0, 0.1) is 0 Å². The molecule has 1 N–H and O–H groups in total. The third-order valence-corrected chi connectivity index (χ3v) is 5.73. The second-order valence-corrected chi connectivity index (χ2v) is 8.64. The van der Waals surface area contributed by atoms with Gasteiger partial charge in [0.25, 0.3) is 10.1 Å². The average Bonchev–Trinajstić information content (AvgIpc) is 2.59. The molecule has 1 rings (SSSR count). The monoisotopic (exact) mass is 406 g/mol. The first-order valence-corrected chi connectivity index (χ1v) is 11.7. The van der Waals surface area contributed by atoms with Gasteiger partial charge < -0.3 is 5.11 Å². The SMILES string of the molecule is CCCCCCCCCCCCCCCc1ccc([O-])c(S(=O)(=O)O)c1.[Na+]. The first-order chi connectivity index (χ1) is 12.4. The van der Waals surface area contributed by atoms with Crippen LogP contribution in [-0.2, 0) is 16.5 Å². The predicted molar refractivity (Wildman–Crippen MR) is 105 cm³/mol. The third-order valence-electron chi connectivity index (χ3n) is 4.86. The largest absolute Gasteiger partial charge is 1.00 e. The molecule has 1 aromatic carbocycles. The van der Waals surface area contributed by atoms with Crippen LogP contribution in [-0.4, -0.2) is 13.0 Å². The minimum atomic E-state index is -4.43. The molecule has 150 valence electrons. The Hall–Kier alpha value is -0.0700. The molecule has 0 radical (unpaired) electrons. The van der Waals surface area contributed by atoms with Crippen LogP contribution in [0.2, 0.25) is 0 Å². The molecule has 0 fully saturated rings. The molecule has 0 saturated heterocycles.